The number of methoxy groups -OCH3 is 1. The van der Waals surface area contributed by atoms with Crippen molar-refractivity contribution in [2.24, 2.45) is 11.5 Å². The van der Waals surface area contributed by atoms with Crippen LogP contribution in [0.3, 0.4) is 0 Å². The molecule has 17 heavy (non-hydrogen) atoms. The Bertz CT molecular complexity index is 374. The van der Waals surface area contributed by atoms with Gasteiger partial charge in [-0.3, -0.25) is 0 Å². The van der Waals surface area contributed by atoms with Gasteiger partial charge in [-0.2, -0.15) is 0 Å². The van der Waals surface area contributed by atoms with Crippen LogP contribution in [-0.2, 0) is 0 Å². The molecular formula is C13H21BrN2O. The van der Waals surface area contributed by atoms with E-state index in [0.29, 0.717) is 0 Å². The van der Waals surface area contributed by atoms with Gasteiger partial charge in [0.25, 0.3) is 0 Å². The Morgan fingerprint density at radius 1 is 1.41 bits per heavy atom. The van der Waals surface area contributed by atoms with Crippen molar-refractivity contribution in [1.82, 2.24) is 0 Å². The summed E-state index contributed by atoms with van der Waals surface area (Å²) in [6, 6.07) is 5.83. The lowest BCUT2D eigenvalue weighted by Gasteiger charge is -2.22. The van der Waals surface area contributed by atoms with Crippen molar-refractivity contribution in [2.45, 2.75) is 38.3 Å². The molecule has 1 rings (SSSR count). The summed E-state index contributed by atoms with van der Waals surface area (Å²) in [5.74, 6) is 0.829. The molecule has 0 radical (unpaired) electrons. The van der Waals surface area contributed by atoms with Gasteiger partial charge in [0.15, 0.2) is 0 Å². The van der Waals surface area contributed by atoms with Crippen LogP contribution in [0.4, 0.5) is 0 Å². The summed E-state index contributed by atoms with van der Waals surface area (Å²) < 4.78 is 6.33. The first-order chi connectivity index (χ1) is 7.83. The third-order valence-corrected chi connectivity index (χ3v) is 3.18. The van der Waals surface area contributed by atoms with Crippen molar-refractivity contribution in [3.8, 4) is 5.75 Å². The minimum atomic E-state index is -0.184. The summed E-state index contributed by atoms with van der Waals surface area (Å²) in [5, 5.41) is 0. The Labute approximate surface area is 112 Å². The van der Waals surface area contributed by atoms with Gasteiger partial charge in [0.1, 0.15) is 5.75 Å². The molecule has 3 nitrogen and oxygen atoms in total. The molecular weight excluding hydrogens is 280 g/mol. The predicted molar refractivity (Wildman–Crippen MR) is 75.1 cm³/mol. The van der Waals surface area contributed by atoms with Crippen molar-refractivity contribution >= 4 is 15.9 Å². The average Bonchev–Trinajstić information content (AvgIpc) is 2.25. The van der Waals surface area contributed by atoms with Gasteiger partial charge in [-0.1, -0.05) is 15.9 Å². The van der Waals surface area contributed by atoms with Gasteiger partial charge in [0.2, 0.25) is 0 Å². The number of hydrogen-bond donors (Lipinski definition) is 2. The molecule has 1 atom stereocenters. The molecule has 0 aliphatic carbocycles. The van der Waals surface area contributed by atoms with E-state index in [-0.39, 0.29) is 11.6 Å². The third-order valence-electron chi connectivity index (χ3n) is 2.69. The van der Waals surface area contributed by atoms with E-state index in [9.17, 15) is 0 Å². The molecule has 1 unspecified atom stereocenters. The molecule has 0 bridgehead atoms. The Kier molecular flexibility index (Phi) is 4.98. The molecule has 0 saturated heterocycles. The van der Waals surface area contributed by atoms with Crippen LogP contribution in [0.2, 0.25) is 0 Å². The summed E-state index contributed by atoms with van der Waals surface area (Å²) in [6.07, 6.45) is 1.72. The van der Waals surface area contributed by atoms with Crippen LogP contribution in [0.15, 0.2) is 22.7 Å². The first-order valence-corrected chi connectivity index (χ1v) is 6.50. The van der Waals surface area contributed by atoms with E-state index in [2.05, 4.69) is 15.9 Å². The normalized spacial score (nSPS) is 13.5. The molecule has 0 aromatic heterocycles. The van der Waals surface area contributed by atoms with Crippen LogP contribution in [-0.4, -0.2) is 12.6 Å². The van der Waals surface area contributed by atoms with Crippen molar-refractivity contribution in [3.63, 3.8) is 0 Å². The molecule has 1 aromatic carbocycles. The quantitative estimate of drug-likeness (QED) is 0.879. The lowest BCUT2D eigenvalue weighted by atomic mass is 9.93. The highest BCUT2D eigenvalue weighted by molar-refractivity contribution is 9.10. The summed E-state index contributed by atoms with van der Waals surface area (Å²) in [7, 11) is 1.66. The zero-order valence-corrected chi connectivity index (χ0v) is 12.3. The Morgan fingerprint density at radius 3 is 2.59 bits per heavy atom. The second kappa shape index (κ2) is 5.85. The molecule has 4 heteroatoms. The molecule has 0 spiro atoms. The molecule has 0 amide bonds. The van der Waals surface area contributed by atoms with Gasteiger partial charge in [0, 0.05) is 21.6 Å². The number of benzene rings is 1. The molecule has 0 saturated carbocycles. The SMILES string of the molecule is COc1ccc(Br)cc1C(N)CCC(C)(C)N. The smallest absolute Gasteiger partial charge is 0.123 e. The summed E-state index contributed by atoms with van der Waals surface area (Å²) in [5.41, 5.74) is 13.0. The topological polar surface area (TPSA) is 61.3 Å². The van der Waals surface area contributed by atoms with Gasteiger partial charge >= 0.3 is 0 Å². The number of nitrogens with two attached hydrogens (primary N) is 2. The molecule has 0 fully saturated rings. The molecule has 96 valence electrons. The minimum absolute atomic E-state index is 0.0507. The average molecular weight is 301 g/mol. The van der Waals surface area contributed by atoms with Crippen molar-refractivity contribution in [2.75, 3.05) is 7.11 Å². The van der Waals surface area contributed by atoms with Crippen molar-refractivity contribution < 1.29 is 4.74 Å². The van der Waals surface area contributed by atoms with Crippen LogP contribution in [0, 0.1) is 0 Å². The minimum Gasteiger partial charge on any atom is -0.496 e. The standard InChI is InChI=1S/C13H21BrN2O/c1-13(2,16)7-6-11(15)10-8-9(14)4-5-12(10)17-3/h4-5,8,11H,6-7,15-16H2,1-3H3. The zero-order valence-electron chi connectivity index (χ0n) is 10.7. The predicted octanol–water partition coefficient (Wildman–Crippen LogP) is 2.98. The Hall–Kier alpha value is -0.580. The number of hydrogen-bond acceptors (Lipinski definition) is 3. The summed E-state index contributed by atoms with van der Waals surface area (Å²) in [6.45, 7) is 4.02. The van der Waals surface area contributed by atoms with Gasteiger partial charge in [-0.05, 0) is 44.9 Å². The monoisotopic (exact) mass is 300 g/mol. The van der Waals surface area contributed by atoms with Gasteiger partial charge in [-0.15, -0.1) is 0 Å². The van der Waals surface area contributed by atoms with E-state index in [1.54, 1.807) is 7.11 Å². The van der Waals surface area contributed by atoms with Gasteiger partial charge < -0.3 is 16.2 Å². The number of halogens is 1. The summed E-state index contributed by atoms with van der Waals surface area (Å²) >= 11 is 3.45. The molecule has 4 N–H and O–H groups in total. The maximum absolute atomic E-state index is 6.19. The largest absolute Gasteiger partial charge is 0.496 e. The van der Waals surface area contributed by atoms with Crippen LogP contribution in [0.1, 0.15) is 38.3 Å². The number of ether oxygens (including phenoxy) is 1. The molecule has 1 aromatic rings. The fraction of sp³-hybridized carbons (Fsp3) is 0.538. The van der Waals surface area contributed by atoms with E-state index < -0.39 is 0 Å². The highest BCUT2D eigenvalue weighted by Crippen LogP contribution is 2.30. The van der Waals surface area contributed by atoms with Gasteiger partial charge in [-0.25, -0.2) is 0 Å². The van der Waals surface area contributed by atoms with Gasteiger partial charge in [0.05, 0.1) is 7.11 Å². The van der Waals surface area contributed by atoms with E-state index in [1.165, 1.54) is 0 Å². The van der Waals surface area contributed by atoms with Crippen LogP contribution in [0.25, 0.3) is 0 Å². The van der Waals surface area contributed by atoms with E-state index in [4.69, 9.17) is 16.2 Å². The van der Waals surface area contributed by atoms with E-state index in [0.717, 1.165) is 28.6 Å². The molecule has 0 aliphatic rings. The van der Waals surface area contributed by atoms with E-state index in [1.807, 2.05) is 32.0 Å². The second-order valence-electron chi connectivity index (χ2n) is 5.02. The van der Waals surface area contributed by atoms with Crippen LogP contribution >= 0.6 is 15.9 Å². The Balaban J connectivity index is 2.80. The lowest BCUT2D eigenvalue weighted by Crippen LogP contribution is -2.32. The fourth-order valence-corrected chi connectivity index (χ4v) is 2.06. The third kappa shape index (κ3) is 4.66. The van der Waals surface area contributed by atoms with Crippen LogP contribution < -0.4 is 16.2 Å². The summed E-state index contributed by atoms with van der Waals surface area (Å²) in [4.78, 5) is 0. The molecule has 0 heterocycles. The molecule has 0 aliphatic heterocycles. The first kappa shape index (κ1) is 14.5. The fourth-order valence-electron chi connectivity index (χ4n) is 1.68. The van der Waals surface area contributed by atoms with Crippen molar-refractivity contribution in [1.29, 1.82) is 0 Å². The lowest BCUT2D eigenvalue weighted by molar-refractivity contribution is 0.394. The van der Waals surface area contributed by atoms with E-state index >= 15 is 0 Å². The Morgan fingerprint density at radius 2 is 2.06 bits per heavy atom. The highest BCUT2D eigenvalue weighted by atomic mass is 79.9. The zero-order chi connectivity index (χ0) is 13.1. The highest BCUT2D eigenvalue weighted by Gasteiger charge is 2.17. The maximum Gasteiger partial charge on any atom is 0.123 e. The van der Waals surface area contributed by atoms with Crippen LogP contribution in [0.5, 0.6) is 5.75 Å². The number of rotatable bonds is 5. The first-order valence-electron chi connectivity index (χ1n) is 5.71. The maximum atomic E-state index is 6.19. The second-order valence-corrected chi connectivity index (χ2v) is 5.94. The van der Waals surface area contributed by atoms with Crippen molar-refractivity contribution in [3.05, 3.63) is 28.2 Å².